The molecular weight excluding hydrogens is 248 g/mol. The fourth-order valence-electron chi connectivity index (χ4n) is 1.51. The van der Waals surface area contributed by atoms with Crippen LogP contribution in [0.4, 0.5) is 0 Å². The van der Waals surface area contributed by atoms with E-state index in [1.807, 2.05) is 20.8 Å². The minimum atomic E-state index is -1.01. The third-order valence-corrected chi connectivity index (χ3v) is 2.48. The van der Waals surface area contributed by atoms with Crippen LogP contribution in [0.2, 0.25) is 0 Å². The van der Waals surface area contributed by atoms with Gasteiger partial charge in [-0.2, -0.15) is 0 Å². The van der Waals surface area contributed by atoms with Crippen LogP contribution in [-0.2, 0) is 14.3 Å². The molecule has 0 aliphatic rings. The molecule has 0 bridgehead atoms. The summed E-state index contributed by atoms with van der Waals surface area (Å²) in [5.74, 6) is -1.25. The molecule has 0 aromatic heterocycles. The molecule has 0 fully saturated rings. The Balaban J connectivity index is 4.00. The van der Waals surface area contributed by atoms with E-state index in [0.717, 1.165) is 0 Å². The van der Waals surface area contributed by atoms with Gasteiger partial charge in [0.15, 0.2) is 0 Å². The van der Waals surface area contributed by atoms with Crippen LogP contribution in [0.5, 0.6) is 0 Å². The van der Waals surface area contributed by atoms with Gasteiger partial charge in [-0.05, 0) is 33.6 Å². The third kappa shape index (κ3) is 10.5. The maximum atomic E-state index is 11.6. The van der Waals surface area contributed by atoms with E-state index in [1.54, 1.807) is 7.11 Å². The van der Waals surface area contributed by atoms with Crippen molar-refractivity contribution in [3.8, 4) is 0 Å². The number of carboxylic acid groups (broad SMARTS) is 1. The van der Waals surface area contributed by atoms with Gasteiger partial charge in [-0.25, -0.2) is 4.79 Å². The number of methoxy groups -OCH3 is 1. The van der Waals surface area contributed by atoms with E-state index >= 15 is 0 Å². The number of ether oxygens (including phenoxy) is 1. The molecule has 112 valence electrons. The van der Waals surface area contributed by atoms with Crippen molar-refractivity contribution in [3.05, 3.63) is 0 Å². The molecule has 0 aromatic rings. The van der Waals surface area contributed by atoms with E-state index in [1.165, 1.54) is 0 Å². The number of amides is 1. The first-order chi connectivity index (χ1) is 8.76. The molecule has 1 unspecified atom stereocenters. The molecule has 6 heteroatoms. The van der Waals surface area contributed by atoms with Gasteiger partial charge in [0, 0.05) is 32.2 Å². The van der Waals surface area contributed by atoms with Crippen LogP contribution >= 0.6 is 0 Å². The molecular formula is C13H26N2O4. The van der Waals surface area contributed by atoms with Crippen LogP contribution in [0, 0.1) is 0 Å². The van der Waals surface area contributed by atoms with Crippen molar-refractivity contribution in [2.75, 3.05) is 20.3 Å². The average molecular weight is 274 g/mol. The highest BCUT2D eigenvalue weighted by Crippen LogP contribution is 2.00. The molecule has 3 N–H and O–H groups in total. The van der Waals surface area contributed by atoms with Crippen molar-refractivity contribution in [3.63, 3.8) is 0 Å². The van der Waals surface area contributed by atoms with Gasteiger partial charge in [0.05, 0.1) is 0 Å². The number of nitrogens with one attached hydrogen (secondary N) is 2. The maximum Gasteiger partial charge on any atom is 0.326 e. The van der Waals surface area contributed by atoms with E-state index in [4.69, 9.17) is 9.84 Å². The van der Waals surface area contributed by atoms with Crippen LogP contribution in [-0.4, -0.2) is 48.8 Å². The molecule has 0 spiro atoms. The number of rotatable bonds is 9. The summed E-state index contributed by atoms with van der Waals surface area (Å²) in [7, 11) is 1.56. The highest BCUT2D eigenvalue weighted by molar-refractivity contribution is 5.83. The Morgan fingerprint density at radius 3 is 2.42 bits per heavy atom. The Bertz CT molecular complexity index is 287. The summed E-state index contributed by atoms with van der Waals surface area (Å²) in [5, 5.41) is 14.7. The van der Waals surface area contributed by atoms with Crippen LogP contribution < -0.4 is 10.6 Å². The summed E-state index contributed by atoms with van der Waals surface area (Å²) < 4.78 is 4.86. The smallest absolute Gasteiger partial charge is 0.326 e. The quantitative estimate of drug-likeness (QED) is 0.540. The van der Waals surface area contributed by atoms with E-state index in [0.29, 0.717) is 26.0 Å². The number of hydrogen-bond acceptors (Lipinski definition) is 4. The number of hydrogen-bond donors (Lipinski definition) is 3. The predicted octanol–water partition coefficient (Wildman–Crippen LogP) is 0.761. The van der Waals surface area contributed by atoms with E-state index in [9.17, 15) is 9.59 Å². The first kappa shape index (κ1) is 17.9. The molecule has 6 nitrogen and oxygen atoms in total. The lowest BCUT2D eigenvalue weighted by atomic mass is 10.1. The molecule has 0 aliphatic carbocycles. The summed E-state index contributed by atoms with van der Waals surface area (Å²) in [5.41, 5.74) is -0.0507. The Hall–Kier alpha value is -1.14. The van der Waals surface area contributed by atoms with Gasteiger partial charge in [-0.15, -0.1) is 0 Å². The molecule has 0 aliphatic heterocycles. The number of carbonyl (C=O) groups excluding carboxylic acids is 1. The summed E-state index contributed by atoms with van der Waals surface area (Å²) in [6, 6.07) is -0.836. The van der Waals surface area contributed by atoms with E-state index in [2.05, 4.69) is 10.6 Å². The third-order valence-electron chi connectivity index (χ3n) is 2.48. The second-order valence-corrected chi connectivity index (χ2v) is 5.52. The number of carbonyl (C=O) groups is 2. The zero-order valence-electron chi connectivity index (χ0n) is 12.3. The molecule has 0 rings (SSSR count). The molecule has 1 atom stereocenters. The Morgan fingerprint density at radius 2 is 1.95 bits per heavy atom. The summed E-state index contributed by atoms with van der Waals surface area (Å²) >= 11 is 0. The van der Waals surface area contributed by atoms with Crippen LogP contribution in [0.1, 0.15) is 40.0 Å². The van der Waals surface area contributed by atoms with Gasteiger partial charge in [0.25, 0.3) is 0 Å². The normalized spacial score (nSPS) is 13.1. The first-order valence-electron chi connectivity index (χ1n) is 6.52. The van der Waals surface area contributed by atoms with Gasteiger partial charge in [-0.1, -0.05) is 0 Å². The van der Waals surface area contributed by atoms with Crippen molar-refractivity contribution < 1.29 is 19.4 Å². The lowest BCUT2D eigenvalue weighted by Crippen LogP contribution is -2.43. The zero-order chi connectivity index (χ0) is 14.9. The largest absolute Gasteiger partial charge is 0.480 e. The fourth-order valence-corrected chi connectivity index (χ4v) is 1.51. The maximum absolute atomic E-state index is 11.6. The number of carboxylic acids is 1. The lowest BCUT2D eigenvalue weighted by molar-refractivity contribution is -0.142. The van der Waals surface area contributed by atoms with Gasteiger partial charge in [-0.3, -0.25) is 4.79 Å². The predicted molar refractivity (Wildman–Crippen MR) is 73.0 cm³/mol. The molecule has 1 amide bonds. The Kier molecular flexibility index (Phi) is 8.34. The standard InChI is InChI=1S/C13H26N2O4/c1-13(2,3)14-8-7-11(16)15-10(12(17)18)6-5-9-19-4/h10,14H,5-9H2,1-4H3,(H,15,16)(H,17,18). The van der Waals surface area contributed by atoms with Gasteiger partial charge in [0.1, 0.15) is 6.04 Å². The second-order valence-electron chi connectivity index (χ2n) is 5.52. The van der Waals surface area contributed by atoms with Crippen molar-refractivity contribution in [1.82, 2.24) is 10.6 Å². The van der Waals surface area contributed by atoms with Crippen LogP contribution in [0.25, 0.3) is 0 Å². The Morgan fingerprint density at radius 1 is 1.32 bits per heavy atom. The van der Waals surface area contributed by atoms with Crippen molar-refractivity contribution in [1.29, 1.82) is 0 Å². The minimum Gasteiger partial charge on any atom is -0.480 e. The summed E-state index contributed by atoms with van der Waals surface area (Å²) in [6.45, 7) is 7.05. The van der Waals surface area contributed by atoms with Crippen molar-refractivity contribution in [2.45, 2.75) is 51.6 Å². The van der Waals surface area contributed by atoms with Crippen LogP contribution in [0.15, 0.2) is 0 Å². The molecule has 0 heterocycles. The van der Waals surface area contributed by atoms with Crippen molar-refractivity contribution >= 4 is 11.9 Å². The van der Waals surface area contributed by atoms with Crippen LogP contribution in [0.3, 0.4) is 0 Å². The summed E-state index contributed by atoms with van der Waals surface area (Å²) in [6.07, 6.45) is 1.25. The first-order valence-corrected chi connectivity index (χ1v) is 6.52. The average Bonchev–Trinajstić information content (AvgIpc) is 2.26. The molecule has 0 saturated heterocycles. The zero-order valence-corrected chi connectivity index (χ0v) is 12.3. The minimum absolute atomic E-state index is 0.0507. The second kappa shape index (κ2) is 8.87. The molecule has 19 heavy (non-hydrogen) atoms. The molecule has 0 aromatic carbocycles. The fraction of sp³-hybridized carbons (Fsp3) is 0.846. The van der Waals surface area contributed by atoms with Gasteiger partial charge >= 0.3 is 5.97 Å². The van der Waals surface area contributed by atoms with Crippen molar-refractivity contribution in [2.24, 2.45) is 0 Å². The molecule has 0 saturated carbocycles. The lowest BCUT2D eigenvalue weighted by Gasteiger charge is -2.20. The van der Waals surface area contributed by atoms with E-state index < -0.39 is 12.0 Å². The summed E-state index contributed by atoms with van der Waals surface area (Å²) in [4.78, 5) is 22.6. The topological polar surface area (TPSA) is 87.7 Å². The monoisotopic (exact) mass is 274 g/mol. The molecule has 0 radical (unpaired) electrons. The number of aliphatic carboxylic acids is 1. The highest BCUT2D eigenvalue weighted by Gasteiger charge is 2.19. The Labute approximate surface area is 114 Å². The van der Waals surface area contributed by atoms with Gasteiger partial charge < -0.3 is 20.5 Å². The SMILES string of the molecule is COCCCC(NC(=O)CCNC(C)(C)C)C(=O)O. The van der Waals surface area contributed by atoms with Gasteiger partial charge in [0.2, 0.25) is 5.91 Å². The van der Waals surface area contributed by atoms with E-state index in [-0.39, 0.29) is 17.9 Å². The highest BCUT2D eigenvalue weighted by atomic mass is 16.5.